The summed E-state index contributed by atoms with van der Waals surface area (Å²) in [6.45, 7) is 0.523. The van der Waals surface area contributed by atoms with E-state index >= 15 is 0 Å². The first-order chi connectivity index (χ1) is 9.65. The summed E-state index contributed by atoms with van der Waals surface area (Å²) >= 11 is 0. The standard InChI is InChI=1S/C11H13N5O4/c17-8(13-6-7-2-1-5-20-7)3-4-12-9-10(18)14-11(19)16-15-9/h1-2,5H,3-4,6H2,(H,12,15)(H,13,17)(H2,14,16,18,19). The highest BCUT2D eigenvalue weighted by atomic mass is 16.3. The van der Waals surface area contributed by atoms with Crippen molar-refractivity contribution in [3.05, 3.63) is 45.0 Å². The second-order valence-corrected chi connectivity index (χ2v) is 3.89. The molecule has 0 spiro atoms. The van der Waals surface area contributed by atoms with Crippen LogP contribution in [0.3, 0.4) is 0 Å². The van der Waals surface area contributed by atoms with Crippen molar-refractivity contribution in [3.63, 3.8) is 0 Å². The molecular weight excluding hydrogens is 266 g/mol. The second kappa shape index (κ2) is 6.36. The minimum Gasteiger partial charge on any atom is -0.467 e. The summed E-state index contributed by atoms with van der Waals surface area (Å²) in [6.07, 6.45) is 1.68. The SMILES string of the molecule is O=C(CCNc1n[nH]c(=O)[nH]c1=O)NCc1ccco1. The van der Waals surface area contributed by atoms with Crippen LogP contribution < -0.4 is 21.9 Å². The number of hydrogen-bond acceptors (Lipinski definition) is 6. The van der Waals surface area contributed by atoms with Gasteiger partial charge in [0.15, 0.2) is 0 Å². The normalized spacial score (nSPS) is 10.2. The van der Waals surface area contributed by atoms with Crippen LogP contribution in [-0.2, 0) is 11.3 Å². The molecule has 0 unspecified atom stereocenters. The van der Waals surface area contributed by atoms with Gasteiger partial charge < -0.3 is 15.1 Å². The van der Waals surface area contributed by atoms with Gasteiger partial charge in [-0.25, -0.2) is 9.89 Å². The number of aromatic amines is 2. The van der Waals surface area contributed by atoms with Crippen LogP contribution in [0.15, 0.2) is 32.4 Å². The van der Waals surface area contributed by atoms with Crippen LogP contribution in [0.25, 0.3) is 0 Å². The predicted molar refractivity (Wildman–Crippen MR) is 69.1 cm³/mol. The molecule has 0 fully saturated rings. The zero-order chi connectivity index (χ0) is 14.4. The number of anilines is 1. The topological polar surface area (TPSA) is 133 Å². The molecule has 9 heteroatoms. The Morgan fingerprint density at radius 1 is 1.40 bits per heavy atom. The fraction of sp³-hybridized carbons (Fsp3) is 0.273. The van der Waals surface area contributed by atoms with Crippen molar-refractivity contribution in [3.8, 4) is 0 Å². The van der Waals surface area contributed by atoms with Crippen molar-refractivity contribution in [2.24, 2.45) is 0 Å². The van der Waals surface area contributed by atoms with Gasteiger partial charge in [-0.05, 0) is 12.1 Å². The molecule has 0 aliphatic carbocycles. The van der Waals surface area contributed by atoms with Gasteiger partial charge in [0.2, 0.25) is 11.7 Å². The first kappa shape index (κ1) is 13.6. The molecular formula is C11H13N5O4. The molecule has 0 atom stereocenters. The lowest BCUT2D eigenvalue weighted by Gasteiger charge is -2.04. The summed E-state index contributed by atoms with van der Waals surface area (Å²) in [5.74, 6) is 0.420. The van der Waals surface area contributed by atoms with Gasteiger partial charge in [-0.15, -0.1) is 5.10 Å². The van der Waals surface area contributed by atoms with E-state index in [9.17, 15) is 14.4 Å². The zero-order valence-corrected chi connectivity index (χ0v) is 10.4. The maximum Gasteiger partial charge on any atom is 0.342 e. The van der Waals surface area contributed by atoms with E-state index in [1.807, 2.05) is 4.98 Å². The van der Waals surface area contributed by atoms with Gasteiger partial charge in [-0.2, -0.15) is 0 Å². The molecule has 2 aromatic heterocycles. The van der Waals surface area contributed by atoms with Crippen LogP contribution in [0.4, 0.5) is 5.82 Å². The number of amides is 1. The molecule has 4 N–H and O–H groups in total. The molecule has 0 radical (unpaired) electrons. The average molecular weight is 279 g/mol. The number of nitrogens with one attached hydrogen (secondary N) is 4. The number of furan rings is 1. The Hall–Kier alpha value is -2.84. The molecule has 0 bridgehead atoms. The number of carbonyl (C=O) groups is 1. The van der Waals surface area contributed by atoms with Crippen molar-refractivity contribution in [1.82, 2.24) is 20.5 Å². The van der Waals surface area contributed by atoms with E-state index in [-0.39, 0.29) is 24.7 Å². The minimum atomic E-state index is -0.684. The minimum absolute atomic E-state index is 0.0385. The summed E-state index contributed by atoms with van der Waals surface area (Å²) in [4.78, 5) is 35.6. The third-order valence-corrected chi connectivity index (χ3v) is 2.40. The van der Waals surface area contributed by atoms with E-state index < -0.39 is 11.2 Å². The molecule has 2 rings (SSSR count). The number of rotatable bonds is 6. The number of aromatic nitrogens is 3. The molecule has 0 aliphatic rings. The van der Waals surface area contributed by atoms with E-state index in [1.54, 1.807) is 12.1 Å². The van der Waals surface area contributed by atoms with Gasteiger partial charge in [0, 0.05) is 13.0 Å². The van der Waals surface area contributed by atoms with Crippen molar-refractivity contribution in [2.75, 3.05) is 11.9 Å². The Labute approximate surface area is 112 Å². The lowest BCUT2D eigenvalue weighted by atomic mass is 10.3. The van der Waals surface area contributed by atoms with Crippen molar-refractivity contribution >= 4 is 11.7 Å². The Morgan fingerprint density at radius 2 is 2.25 bits per heavy atom. The maximum absolute atomic E-state index is 11.5. The Kier molecular flexibility index (Phi) is 4.32. The van der Waals surface area contributed by atoms with Crippen LogP contribution in [-0.4, -0.2) is 27.6 Å². The highest BCUT2D eigenvalue weighted by Crippen LogP contribution is 1.98. The molecule has 106 valence electrons. The summed E-state index contributed by atoms with van der Waals surface area (Å²) in [7, 11) is 0. The van der Waals surface area contributed by atoms with Gasteiger partial charge in [0.05, 0.1) is 12.8 Å². The lowest BCUT2D eigenvalue weighted by molar-refractivity contribution is -0.121. The molecule has 0 saturated carbocycles. The zero-order valence-electron chi connectivity index (χ0n) is 10.4. The fourth-order valence-electron chi connectivity index (χ4n) is 1.45. The van der Waals surface area contributed by atoms with Crippen molar-refractivity contribution < 1.29 is 9.21 Å². The second-order valence-electron chi connectivity index (χ2n) is 3.89. The van der Waals surface area contributed by atoms with Crippen LogP contribution in [0.2, 0.25) is 0 Å². The van der Waals surface area contributed by atoms with E-state index in [0.29, 0.717) is 12.3 Å². The monoisotopic (exact) mass is 279 g/mol. The van der Waals surface area contributed by atoms with Crippen LogP contribution in [0, 0.1) is 0 Å². The van der Waals surface area contributed by atoms with Crippen molar-refractivity contribution in [1.29, 1.82) is 0 Å². The molecule has 2 heterocycles. The summed E-state index contributed by atoms with van der Waals surface area (Å²) < 4.78 is 5.07. The van der Waals surface area contributed by atoms with Crippen molar-refractivity contribution in [2.45, 2.75) is 13.0 Å². The third kappa shape index (κ3) is 3.83. The van der Waals surface area contributed by atoms with E-state index in [1.165, 1.54) is 6.26 Å². The molecule has 0 aliphatic heterocycles. The van der Waals surface area contributed by atoms with E-state index in [2.05, 4.69) is 20.8 Å². The quantitative estimate of drug-likeness (QED) is 0.545. The summed E-state index contributed by atoms with van der Waals surface area (Å²) in [6, 6.07) is 3.49. The molecule has 1 amide bonds. The number of H-pyrrole nitrogens is 2. The maximum atomic E-state index is 11.5. The fourth-order valence-corrected chi connectivity index (χ4v) is 1.45. The van der Waals surface area contributed by atoms with Crippen LogP contribution >= 0.6 is 0 Å². The Morgan fingerprint density at radius 3 is 2.95 bits per heavy atom. The van der Waals surface area contributed by atoms with Gasteiger partial charge >= 0.3 is 5.69 Å². The van der Waals surface area contributed by atoms with Gasteiger partial charge in [-0.3, -0.25) is 14.6 Å². The predicted octanol–water partition coefficient (Wildman–Crippen LogP) is -0.830. The van der Waals surface area contributed by atoms with Crippen LogP contribution in [0.1, 0.15) is 12.2 Å². The molecule has 20 heavy (non-hydrogen) atoms. The van der Waals surface area contributed by atoms with Gasteiger partial charge in [-0.1, -0.05) is 0 Å². The largest absolute Gasteiger partial charge is 0.467 e. The average Bonchev–Trinajstić information content (AvgIpc) is 2.92. The lowest BCUT2D eigenvalue weighted by Crippen LogP contribution is -2.29. The molecule has 9 nitrogen and oxygen atoms in total. The smallest absolute Gasteiger partial charge is 0.342 e. The number of nitrogens with zero attached hydrogens (tertiary/aromatic N) is 1. The highest BCUT2D eigenvalue weighted by Gasteiger charge is 2.05. The first-order valence-electron chi connectivity index (χ1n) is 5.87. The summed E-state index contributed by atoms with van der Waals surface area (Å²) in [5.41, 5.74) is -1.32. The Bertz CT molecular complexity index is 673. The molecule has 0 saturated heterocycles. The molecule has 0 aromatic carbocycles. The van der Waals surface area contributed by atoms with Gasteiger partial charge in [0.1, 0.15) is 5.76 Å². The molecule has 2 aromatic rings. The number of hydrogen-bond donors (Lipinski definition) is 4. The van der Waals surface area contributed by atoms with E-state index in [4.69, 9.17) is 4.42 Å². The third-order valence-electron chi connectivity index (χ3n) is 2.40. The van der Waals surface area contributed by atoms with Gasteiger partial charge in [0.25, 0.3) is 5.56 Å². The first-order valence-corrected chi connectivity index (χ1v) is 5.87. The summed E-state index contributed by atoms with van der Waals surface area (Å²) in [5, 5.41) is 10.9. The number of carbonyl (C=O) groups excluding carboxylic acids is 1. The Balaban J connectivity index is 1.73. The van der Waals surface area contributed by atoms with E-state index in [0.717, 1.165) is 0 Å². The van der Waals surface area contributed by atoms with Crippen LogP contribution in [0.5, 0.6) is 0 Å². The highest BCUT2D eigenvalue weighted by molar-refractivity contribution is 5.76.